The lowest BCUT2D eigenvalue weighted by molar-refractivity contribution is -0.156. The van der Waals surface area contributed by atoms with Crippen molar-refractivity contribution >= 4 is 98.2 Å². The predicted octanol–water partition coefficient (Wildman–Crippen LogP) is -4.24. The van der Waals surface area contributed by atoms with Crippen molar-refractivity contribution in [2.45, 2.75) is 184 Å². The summed E-state index contributed by atoms with van der Waals surface area (Å²) in [7, 11) is 2.67. The van der Waals surface area contributed by atoms with Crippen LogP contribution in [0, 0.1) is 11.6 Å². The number of methoxy groups -OCH3 is 2. The fraction of sp³-hybridized carbons (Fsp3) is 0.678. The van der Waals surface area contributed by atoms with Gasteiger partial charge >= 0.3 is 11.9 Å². The molecule has 2 aliphatic rings. The molecule has 0 aliphatic carbocycles. The van der Waals surface area contributed by atoms with Crippen molar-refractivity contribution in [2.75, 3.05) is 212 Å². The van der Waals surface area contributed by atoms with E-state index >= 15 is 8.78 Å². The lowest BCUT2D eigenvalue weighted by Gasteiger charge is -2.26. The summed E-state index contributed by atoms with van der Waals surface area (Å²) in [5.74, 6) is -10.0. The topological polar surface area (TPSA) is 663 Å². The molecule has 1 aromatic heterocycles. The molecule has 0 unspecified atom stereocenters. The van der Waals surface area contributed by atoms with Crippen LogP contribution in [0.1, 0.15) is 119 Å². The molecular weight excluding hydrogens is 1900 g/mol. The number of carbonyl (C=O) groups is 13. The maximum Gasteiger partial charge on any atom is 0.306 e. The highest BCUT2D eigenvalue weighted by Gasteiger charge is 2.36. The minimum Gasteiger partial charge on any atom is -0.493 e. The van der Waals surface area contributed by atoms with Gasteiger partial charge in [-0.15, -0.1) is 11.3 Å². The Morgan fingerprint density at radius 2 is 0.865 bits per heavy atom. The second-order valence-corrected chi connectivity index (χ2v) is 33.9. The molecule has 10 amide bonds. The second-order valence-electron chi connectivity index (χ2n) is 32.8. The number of halogens is 2. The zero-order valence-corrected chi connectivity index (χ0v) is 80.8. The first kappa shape index (κ1) is 121. The lowest BCUT2D eigenvalue weighted by atomic mass is 10.0. The number of aliphatic hydroxyl groups is 10. The van der Waals surface area contributed by atoms with Crippen molar-refractivity contribution in [3.8, 4) is 23.0 Å². The van der Waals surface area contributed by atoms with E-state index in [2.05, 4.69) is 37.2 Å². The van der Waals surface area contributed by atoms with Gasteiger partial charge in [-0.1, -0.05) is 0 Å². The number of hydrogen-bond donors (Lipinski definition) is 17. The molecule has 5 rings (SSSR count). The molecule has 3 aromatic rings. The molecule has 0 saturated carbocycles. The van der Waals surface area contributed by atoms with Gasteiger partial charge in [0.25, 0.3) is 11.8 Å². The quantitative estimate of drug-likeness (QED) is 0.0110. The van der Waals surface area contributed by atoms with E-state index in [1.54, 1.807) is 33.8 Å². The van der Waals surface area contributed by atoms with Crippen molar-refractivity contribution in [2.24, 2.45) is 0 Å². The zero-order chi connectivity index (χ0) is 104. The Hall–Kier alpha value is -10.1. The first-order valence-electron chi connectivity index (χ1n) is 46.0. The number of imide groups is 1. The van der Waals surface area contributed by atoms with E-state index < -0.39 is 194 Å². The molecule has 796 valence electrons. The van der Waals surface area contributed by atoms with Crippen molar-refractivity contribution < 1.29 is 198 Å². The van der Waals surface area contributed by atoms with Gasteiger partial charge in [0.15, 0.2) is 40.4 Å². The Balaban J connectivity index is 0.836. The number of rotatable bonds is 78. The van der Waals surface area contributed by atoms with Crippen molar-refractivity contribution in [3.63, 3.8) is 0 Å². The molecule has 48 nitrogen and oxygen atoms in total. The number of ether oxygens (including phenoxy) is 16. The SMILES string of the molecule is COc1cc2c(c(F)c1OCCCOc1c(OC)cc3sc(C(=O)CCC(=O)O[C@@H](C)CNC(=O)CCOCCOCCNC(=O)CC[C@H](NC(=O)CN4C(=O)C=CC4=O)C(=O)NCCOCCOCCOCCOCCOCCOCCOCCOCCC(=O)N[C@@H](CCC(=O)NC[C@H](O)[C@@H](O)[C@H](O)[C@H](O)CO)C(=O)NC[C@H](O)[C@@H](O)[C@H](O)[C@H](O)CO)cc3c1F)CN(C(=O)CCC(=O)OC(C)(C)C)C2. The molecule has 2 aliphatic heterocycles. The molecule has 141 heavy (non-hydrogen) atoms. The molecule has 0 radical (unpaired) electrons. The highest BCUT2D eigenvalue weighted by Crippen LogP contribution is 2.42. The number of Topliss-reactive ketones (excluding diaryl/α,β-unsaturated/α-hetero) is 1. The number of hydrogen-bond acceptors (Lipinski definition) is 40. The lowest BCUT2D eigenvalue weighted by Crippen LogP contribution is -2.53. The highest BCUT2D eigenvalue weighted by atomic mass is 32.1. The number of esters is 2. The van der Waals surface area contributed by atoms with Gasteiger partial charge in [0.2, 0.25) is 47.3 Å². The molecule has 51 heteroatoms. The van der Waals surface area contributed by atoms with Gasteiger partial charge in [0, 0.05) is 118 Å². The fourth-order valence-corrected chi connectivity index (χ4v) is 14.0. The molecule has 11 atom stereocenters. The van der Waals surface area contributed by atoms with Gasteiger partial charge < -0.3 is 169 Å². The van der Waals surface area contributed by atoms with Crippen LogP contribution in [0.4, 0.5) is 8.78 Å². The largest absolute Gasteiger partial charge is 0.493 e. The van der Waals surface area contributed by atoms with E-state index in [9.17, 15) is 103 Å². The van der Waals surface area contributed by atoms with E-state index in [0.29, 0.717) is 35.0 Å². The summed E-state index contributed by atoms with van der Waals surface area (Å²) < 4.78 is 121. The van der Waals surface area contributed by atoms with Gasteiger partial charge in [-0.05, 0) is 58.2 Å². The second kappa shape index (κ2) is 67.4. The molecule has 2 aromatic carbocycles. The van der Waals surface area contributed by atoms with E-state index in [-0.39, 0.29) is 267 Å². The van der Waals surface area contributed by atoms with Crippen LogP contribution in [0.25, 0.3) is 10.1 Å². The minimum atomic E-state index is -2.01. The third kappa shape index (κ3) is 46.9. The third-order valence-electron chi connectivity index (χ3n) is 20.6. The number of aliphatic hydroxyl groups excluding tert-OH is 10. The van der Waals surface area contributed by atoms with Gasteiger partial charge in [0.1, 0.15) is 67.0 Å². The number of amides is 10. The van der Waals surface area contributed by atoms with Gasteiger partial charge in [-0.25, -0.2) is 8.78 Å². The molecule has 3 heterocycles. The van der Waals surface area contributed by atoms with Crippen LogP contribution in [-0.4, -0.2) is 422 Å². The van der Waals surface area contributed by atoms with Gasteiger partial charge in [-0.2, -0.15) is 0 Å². The molecule has 0 spiro atoms. The van der Waals surface area contributed by atoms with Crippen LogP contribution in [0.15, 0.2) is 30.4 Å². The van der Waals surface area contributed by atoms with E-state index in [0.717, 1.165) is 23.5 Å². The summed E-state index contributed by atoms with van der Waals surface area (Å²) in [6, 6.07) is 1.78. The Morgan fingerprint density at radius 3 is 1.36 bits per heavy atom. The maximum atomic E-state index is 16.1. The number of thiophene rings is 1. The molecular formula is C90H137F2N9O39S. The first-order chi connectivity index (χ1) is 67.4. The van der Waals surface area contributed by atoms with Gasteiger partial charge in [-0.3, -0.25) is 67.2 Å². The summed E-state index contributed by atoms with van der Waals surface area (Å²) in [5.41, 5.74) is 0.0659. The standard InChI is InChI=1S/C90H137F2N9O39S/c1-55(139-78(117)16-10-61(104)69-45-57-68(141-69)46-67(126-6)87(80(57)91)138-23-7-22-137-86-66(125-5)44-56-50-100(51-58(56)81(86)92)75(114)15-17-79(118)140-90(2,3)4)47-95-72(111)18-24-127-28-30-129-26-20-93-70(109)11-8-59(99-74(113)52-101-76(115)13-14-77(101)116)88(123)94-21-27-130-31-33-132-35-37-134-39-41-136-43-42-135-40-38-133-36-34-131-32-29-128-25-19-73(112)98-60(89(124)97-49-63(106)83(120)85(122)65(108)54-103)9-12-71(110)96-48-62(105)82(119)84(121)64(107)53-102/h13-14,44-46,55,59-60,62-65,82-85,102-103,105-108,119-122H,7-12,15-43,47-54H2,1-6H3,(H,93,109)(H,94,123)(H,95,111)(H,96,110)(H,97,124)(H,98,112)(H,99,113)/t55-,59-,60-,62-,63-,64+,65+,82+,83+,84+,85+/m0/s1. The monoisotopic (exact) mass is 2040 g/mol. The van der Waals surface area contributed by atoms with E-state index in [4.69, 9.17) is 86.0 Å². The molecule has 17 N–H and O–H groups in total. The first-order valence-corrected chi connectivity index (χ1v) is 46.8. The number of carbonyl (C=O) groups excluding carboxylic acids is 13. The van der Waals surface area contributed by atoms with Crippen molar-refractivity contribution in [3.05, 3.63) is 58.0 Å². The van der Waals surface area contributed by atoms with Gasteiger partial charge in [0.05, 0.1) is 209 Å². The van der Waals surface area contributed by atoms with E-state index in [1.807, 2.05) is 0 Å². The molecule has 0 fully saturated rings. The Morgan fingerprint density at radius 1 is 0.447 bits per heavy atom. The summed E-state index contributed by atoms with van der Waals surface area (Å²) in [6.45, 7) is 6.23. The van der Waals surface area contributed by atoms with Crippen LogP contribution < -0.4 is 56.2 Å². The Bertz CT molecular complexity index is 4400. The highest BCUT2D eigenvalue weighted by molar-refractivity contribution is 7.20. The summed E-state index contributed by atoms with van der Waals surface area (Å²) in [4.78, 5) is 168. The van der Waals surface area contributed by atoms with Crippen molar-refractivity contribution in [1.82, 2.24) is 47.0 Å². The smallest absolute Gasteiger partial charge is 0.306 e. The van der Waals surface area contributed by atoms with E-state index in [1.165, 1.54) is 31.3 Å². The Labute approximate surface area is 816 Å². The fourth-order valence-electron chi connectivity index (χ4n) is 13.0. The Kier molecular flexibility index (Phi) is 58.1. The number of fused-ring (bicyclic) bond motifs is 2. The molecule has 0 saturated heterocycles. The van der Waals surface area contributed by atoms with Crippen LogP contribution >= 0.6 is 11.3 Å². The predicted molar refractivity (Wildman–Crippen MR) is 488 cm³/mol. The average molecular weight is 2040 g/mol. The zero-order valence-electron chi connectivity index (χ0n) is 80.0. The normalized spacial score (nSPS) is 14.8. The summed E-state index contributed by atoms with van der Waals surface area (Å²) in [5, 5.41) is 115. The number of benzene rings is 2. The molecule has 0 bridgehead atoms. The number of nitrogens with one attached hydrogen (secondary N) is 7. The maximum absolute atomic E-state index is 16.1. The average Bonchev–Trinajstić information content (AvgIpc) is 1.75. The number of ketones is 1. The van der Waals surface area contributed by atoms with Crippen LogP contribution in [0.3, 0.4) is 0 Å². The van der Waals surface area contributed by atoms with Crippen molar-refractivity contribution in [1.29, 1.82) is 0 Å². The summed E-state index contributed by atoms with van der Waals surface area (Å²) >= 11 is 0.991. The van der Waals surface area contributed by atoms with Crippen LogP contribution in [-0.2, 0) is 127 Å². The van der Waals surface area contributed by atoms with Crippen LogP contribution in [0.2, 0.25) is 0 Å². The summed E-state index contributed by atoms with van der Waals surface area (Å²) in [6.07, 6.45) is -16.1. The van der Waals surface area contributed by atoms with Crippen LogP contribution in [0.5, 0.6) is 23.0 Å². The number of nitrogens with zero attached hydrogens (tertiary/aromatic N) is 2. The minimum absolute atomic E-state index is 0.00824. The third-order valence-corrected chi connectivity index (χ3v) is 21.7.